The summed E-state index contributed by atoms with van der Waals surface area (Å²) in [6, 6.07) is 5.72. The van der Waals surface area contributed by atoms with Crippen LogP contribution in [0.2, 0.25) is 0 Å². The fourth-order valence-corrected chi connectivity index (χ4v) is 4.88. The number of benzene rings is 1. The smallest absolute Gasteiger partial charge is 0.151 e. The Hall–Kier alpha value is -0.910. The van der Waals surface area contributed by atoms with Gasteiger partial charge < -0.3 is 10.8 Å². The Kier molecular flexibility index (Phi) is 3.73. The van der Waals surface area contributed by atoms with E-state index in [0.717, 1.165) is 16.7 Å². The molecule has 1 saturated heterocycles. The maximum absolute atomic E-state index is 11.7. The molecule has 19 heavy (non-hydrogen) atoms. The van der Waals surface area contributed by atoms with Gasteiger partial charge >= 0.3 is 0 Å². The van der Waals surface area contributed by atoms with Gasteiger partial charge in [0.15, 0.2) is 9.84 Å². The van der Waals surface area contributed by atoms with Gasteiger partial charge in [0.25, 0.3) is 0 Å². The average Bonchev–Trinajstić information content (AvgIpc) is 2.69. The normalized spacial score (nSPS) is 27.4. The number of aliphatic hydroxyl groups is 1. The minimum Gasteiger partial charge on any atom is -0.388 e. The molecule has 0 aliphatic carbocycles. The number of nitrogens with two attached hydrogens (primary N) is 1. The average molecular weight is 283 g/mol. The monoisotopic (exact) mass is 283 g/mol. The van der Waals surface area contributed by atoms with E-state index in [2.05, 4.69) is 0 Å². The number of hydrogen-bond acceptors (Lipinski definition) is 4. The van der Waals surface area contributed by atoms with Crippen LogP contribution in [0.3, 0.4) is 0 Å². The predicted molar refractivity (Wildman–Crippen MR) is 75.6 cm³/mol. The third-order valence-electron chi connectivity index (χ3n) is 4.25. The molecule has 3 N–H and O–H groups in total. The SMILES string of the molecule is Cc1ccc(C(O)C2(CN)CCS(=O)(=O)C2)cc1C. The molecule has 0 radical (unpaired) electrons. The Morgan fingerprint density at radius 3 is 2.53 bits per heavy atom. The molecule has 1 aromatic carbocycles. The summed E-state index contributed by atoms with van der Waals surface area (Å²) < 4.78 is 23.4. The molecule has 0 aromatic heterocycles. The lowest BCUT2D eigenvalue weighted by atomic mass is 9.78. The molecule has 2 atom stereocenters. The second-order valence-corrected chi connectivity index (χ2v) is 7.84. The Labute approximate surface area is 114 Å². The van der Waals surface area contributed by atoms with Crippen LogP contribution in [0, 0.1) is 19.3 Å². The van der Waals surface area contributed by atoms with Crippen LogP contribution < -0.4 is 5.73 Å². The maximum Gasteiger partial charge on any atom is 0.151 e. The van der Waals surface area contributed by atoms with Gasteiger partial charge in [-0.05, 0) is 37.0 Å². The van der Waals surface area contributed by atoms with Gasteiger partial charge in [-0.3, -0.25) is 0 Å². The molecule has 1 fully saturated rings. The van der Waals surface area contributed by atoms with Crippen molar-refractivity contribution in [2.45, 2.75) is 26.4 Å². The molecule has 1 aliphatic heterocycles. The van der Waals surface area contributed by atoms with Gasteiger partial charge in [0.05, 0.1) is 17.6 Å². The summed E-state index contributed by atoms with van der Waals surface area (Å²) in [4.78, 5) is 0. The van der Waals surface area contributed by atoms with Crippen molar-refractivity contribution in [1.82, 2.24) is 0 Å². The van der Waals surface area contributed by atoms with Gasteiger partial charge in [0.2, 0.25) is 0 Å². The number of sulfone groups is 1. The lowest BCUT2D eigenvalue weighted by molar-refractivity contribution is 0.0471. The van der Waals surface area contributed by atoms with Crippen LogP contribution in [0.25, 0.3) is 0 Å². The van der Waals surface area contributed by atoms with Gasteiger partial charge in [-0.25, -0.2) is 8.42 Å². The van der Waals surface area contributed by atoms with Gasteiger partial charge in [-0.15, -0.1) is 0 Å². The zero-order valence-electron chi connectivity index (χ0n) is 11.4. The summed E-state index contributed by atoms with van der Waals surface area (Å²) in [5, 5.41) is 10.6. The number of hydrogen-bond donors (Lipinski definition) is 2. The minimum atomic E-state index is -3.08. The van der Waals surface area contributed by atoms with E-state index in [1.165, 1.54) is 0 Å². The highest BCUT2D eigenvalue weighted by Gasteiger charge is 2.46. The second-order valence-electron chi connectivity index (χ2n) is 5.65. The lowest BCUT2D eigenvalue weighted by Crippen LogP contribution is -2.38. The van der Waals surface area contributed by atoms with Crippen LogP contribution >= 0.6 is 0 Å². The summed E-state index contributed by atoms with van der Waals surface area (Å²) in [5.41, 5.74) is 8.03. The van der Waals surface area contributed by atoms with Gasteiger partial charge in [-0.2, -0.15) is 0 Å². The van der Waals surface area contributed by atoms with E-state index in [1.54, 1.807) is 0 Å². The lowest BCUT2D eigenvalue weighted by Gasteiger charge is -2.32. The standard InChI is InChI=1S/C14H21NO3S/c1-10-3-4-12(7-11(10)2)13(16)14(8-15)5-6-19(17,18)9-14/h3-4,7,13,16H,5-6,8-9,15H2,1-2H3. The van der Waals surface area contributed by atoms with E-state index in [0.29, 0.717) is 6.42 Å². The molecule has 2 rings (SSSR count). The molecule has 1 heterocycles. The Morgan fingerprint density at radius 1 is 1.37 bits per heavy atom. The van der Waals surface area contributed by atoms with Crippen molar-refractivity contribution >= 4 is 9.84 Å². The van der Waals surface area contributed by atoms with E-state index in [1.807, 2.05) is 32.0 Å². The summed E-state index contributed by atoms with van der Waals surface area (Å²) in [6.07, 6.45) is -0.394. The van der Waals surface area contributed by atoms with Crippen molar-refractivity contribution in [3.05, 3.63) is 34.9 Å². The first-order valence-corrected chi connectivity index (χ1v) is 8.27. The Morgan fingerprint density at radius 2 is 2.05 bits per heavy atom. The molecule has 0 bridgehead atoms. The summed E-state index contributed by atoms with van der Waals surface area (Å²) in [6.45, 7) is 4.16. The summed E-state index contributed by atoms with van der Waals surface area (Å²) in [7, 11) is -3.08. The highest BCUT2D eigenvalue weighted by Crippen LogP contribution is 2.42. The molecular weight excluding hydrogens is 262 g/mol. The van der Waals surface area contributed by atoms with Crippen LogP contribution in [-0.4, -0.2) is 31.6 Å². The van der Waals surface area contributed by atoms with E-state index in [-0.39, 0.29) is 18.1 Å². The number of aliphatic hydroxyl groups excluding tert-OH is 1. The summed E-state index contributed by atoms with van der Waals surface area (Å²) in [5.74, 6) is 0.0939. The third-order valence-corrected chi connectivity index (χ3v) is 6.09. The van der Waals surface area contributed by atoms with Crippen molar-refractivity contribution in [2.75, 3.05) is 18.1 Å². The van der Waals surface area contributed by atoms with Crippen molar-refractivity contribution in [3.8, 4) is 0 Å². The van der Waals surface area contributed by atoms with Crippen molar-refractivity contribution < 1.29 is 13.5 Å². The number of aryl methyl sites for hydroxylation is 2. The fourth-order valence-electron chi connectivity index (χ4n) is 2.72. The van der Waals surface area contributed by atoms with E-state index < -0.39 is 21.4 Å². The molecule has 1 aliphatic rings. The Balaban J connectivity index is 2.36. The fraction of sp³-hybridized carbons (Fsp3) is 0.571. The molecule has 1 aromatic rings. The molecule has 2 unspecified atom stereocenters. The maximum atomic E-state index is 11.7. The molecule has 0 spiro atoms. The second kappa shape index (κ2) is 4.89. The van der Waals surface area contributed by atoms with Crippen molar-refractivity contribution in [2.24, 2.45) is 11.1 Å². The molecule has 106 valence electrons. The quantitative estimate of drug-likeness (QED) is 0.870. The molecule has 5 heteroatoms. The van der Waals surface area contributed by atoms with Crippen LogP contribution in [0.5, 0.6) is 0 Å². The Bertz CT molecular complexity index is 582. The molecular formula is C14H21NO3S. The van der Waals surface area contributed by atoms with Crippen LogP contribution in [-0.2, 0) is 9.84 Å². The molecule has 4 nitrogen and oxygen atoms in total. The first kappa shape index (κ1) is 14.5. The van der Waals surface area contributed by atoms with Crippen LogP contribution in [0.15, 0.2) is 18.2 Å². The topological polar surface area (TPSA) is 80.4 Å². The van der Waals surface area contributed by atoms with Crippen LogP contribution in [0.4, 0.5) is 0 Å². The van der Waals surface area contributed by atoms with E-state index in [4.69, 9.17) is 5.73 Å². The van der Waals surface area contributed by atoms with Gasteiger partial charge in [0.1, 0.15) is 0 Å². The zero-order chi connectivity index (χ0) is 14.3. The van der Waals surface area contributed by atoms with E-state index in [9.17, 15) is 13.5 Å². The van der Waals surface area contributed by atoms with Crippen molar-refractivity contribution in [3.63, 3.8) is 0 Å². The largest absolute Gasteiger partial charge is 0.388 e. The van der Waals surface area contributed by atoms with Gasteiger partial charge in [-0.1, -0.05) is 18.2 Å². The molecule has 0 saturated carbocycles. The first-order chi connectivity index (χ1) is 8.80. The third kappa shape index (κ3) is 2.68. The minimum absolute atomic E-state index is 0.0232. The number of rotatable bonds is 3. The highest BCUT2D eigenvalue weighted by molar-refractivity contribution is 7.91. The predicted octanol–water partition coefficient (Wildman–Crippen LogP) is 1.10. The van der Waals surface area contributed by atoms with Crippen molar-refractivity contribution in [1.29, 1.82) is 0 Å². The summed E-state index contributed by atoms with van der Waals surface area (Å²) >= 11 is 0. The zero-order valence-corrected chi connectivity index (χ0v) is 12.2. The first-order valence-electron chi connectivity index (χ1n) is 6.45. The molecule has 0 amide bonds. The van der Waals surface area contributed by atoms with Gasteiger partial charge in [0, 0.05) is 12.0 Å². The highest BCUT2D eigenvalue weighted by atomic mass is 32.2. The van der Waals surface area contributed by atoms with Crippen LogP contribution in [0.1, 0.15) is 29.2 Å². The van der Waals surface area contributed by atoms with E-state index >= 15 is 0 Å².